The van der Waals surface area contributed by atoms with Gasteiger partial charge in [0, 0.05) is 19.8 Å². The second kappa shape index (κ2) is 9.01. The van der Waals surface area contributed by atoms with E-state index in [0.29, 0.717) is 6.04 Å². The lowest BCUT2D eigenvalue weighted by molar-refractivity contribution is 0.181. The smallest absolute Gasteiger partial charge is 0.0477 e. The minimum absolute atomic E-state index is 0.662. The molecule has 0 fully saturated rings. The normalized spacial score (nSPS) is 13.2. The van der Waals surface area contributed by atoms with Crippen molar-refractivity contribution < 1.29 is 4.74 Å². The number of unbranched alkanes of at least 4 members (excludes halogenated alkanes) is 1. The van der Waals surface area contributed by atoms with E-state index in [1.807, 2.05) is 0 Å². The van der Waals surface area contributed by atoms with Crippen LogP contribution in [0, 0.1) is 0 Å². The molecular weight excluding hydrogens is 150 g/mol. The van der Waals surface area contributed by atoms with Crippen LogP contribution in [0.4, 0.5) is 0 Å². The molecule has 0 aromatic carbocycles. The molecule has 0 saturated carbocycles. The summed E-state index contributed by atoms with van der Waals surface area (Å²) < 4.78 is 5.06. The first-order valence-corrected chi connectivity index (χ1v) is 5.07. The summed E-state index contributed by atoms with van der Waals surface area (Å²) in [4.78, 5) is 0. The molecule has 12 heavy (non-hydrogen) atoms. The van der Waals surface area contributed by atoms with Crippen LogP contribution in [0.15, 0.2) is 0 Å². The Labute approximate surface area is 76.7 Å². The zero-order valence-electron chi connectivity index (χ0n) is 8.73. The maximum Gasteiger partial charge on any atom is 0.0477 e. The van der Waals surface area contributed by atoms with Gasteiger partial charge in [-0.3, -0.25) is 0 Å². The zero-order chi connectivity index (χ0) is 9.23. The number of hydrogen-bond acceptors (Lipinski definition) is 2. The second-order valence-electron chi connectivity index (χ2n) is 3.18. The first-order chi connectivity index (χ1) is 5.85. The van der Waals surface area contributed by atoms with Crippen molar-refractivity contribution in [2.24, 2.45) is 0 Å². The summed E-state index contributed by atoms with van der Waals surface area (Å²) in [5.74, 6) is 0. The number of nitrogens with one attached hydrogen (secondary N) is 1. The SMILES string of the molecule is CCCCC(CCOC)NCC. The molecule has 0 aromatic rings. The van der Waals surface area contributed by atoms with Crippen LogP contribution in [0.2, 0.25) is 0 Å². The van der Waals surface area contributed by atoms with Crippen molar-refractivity contribution in [3.05, 3.63) is 0 Å². The van der Waals surface area contributed by atoms with E-state index in [1.54, 1.807) is 7.11 Å². The Hall–Kier alpha value is -0.0800. The van der Waals surface area contributed by atoms with E-state index in [9.17, 15) is 0 Å². The summed E-state index contributed by atoms with van der Waals surface area (Å²) in [5.41, 5.74) is 0. The van der Waals surface area contributed by atoms with Gasteiger partial charge in [-0.25, -0.2) is 0 Å². The Balaban J connectivity index is 3.40. The molecule has 2 nitrogen and oxygen atoms in total. The highest BCUT2D eigenvalue weighted by atomic mass is 16.5. The maximum atomic E-state index is 5.06. The van der Waals surface area contributed by atoms with Gasteiger partial charge in [0.15, 0.2) is 0 Å². The predicted octanol–water partition coefficient (Wildman–Crippen LogP) is 2.19. The van der Waals surface area contributed by atoms with Crippen molar-refractivity contribution in [3.8, 4) is 0 Å². The van der Waals surface area contributed by atoms with Crippen LogP contribution in [0.3, 0.4) is 0 Å². The minimum atomic E-state index is 0.662. The standard InChI is InChI=1S/C10H23NO/c1-4-6-7-10(11-5-2)8-9-12-3/h10-11H,4-9H2,1-3H3. The third-order valence-corrected chi connectivity index (χ3v) is 2.07. The van der Waals surface area contributed by atoms with Gasteiger partial charge in [-0.05, 0) is 19.4 Å². The summed E-state index contributed by atoms with van der Waals surface area (Å²) in [6.45, 7) is 6.34. The fourth-order valence-electron chi connectivity index (χ4n) is 1.35. The Morgan fingerprint density at radius 2 is 2.00 bits per heavy atom. The third-order valence-electron chi connectivity index (χ3n) is 2.07. The average molecular weight is 173 g/mol. The molecule has 0 aliphatic carbocycles. The molecule has 1 N–H and O–H groups in total. The maximum absolute atomic E-state index is 5.06. The molecule has 0 heterocycles. The highest BCUT2D eigenvalue weighted by Gasteiger charge is 2.04. The van der Waals surface area contributed by atoms with Gasteiger partial charge in [0.25, 0.3) is 0 Å². The van der Waals surface area contributed by atoms with Crippen LogP contribution in [-0.2, 0) is 4.74 Å². The molecule has 0 saturated heterocycles. The second-order valence-corrected chi connectivity index (χ2v) is 3.18. The monoisotopic (exact) mass is 173 g/mol. The Morgan fingerprint density at radius 3 is 2.50 bits per heavy atom. The van der Waals surface area contributed by atoms with E-state index in [1.165, 1.54) is 19.3 Å². The van der Waals surface area contributed by atoms with Crippen molar-refractivity contribution in [1.82, 2.24) is 5.32 Å². The zero-order valence-corrected chi connectivity index (χ0v) is 8.73. The first kappa shape index (κ1) is 11.9. The lowest BCUT2D eigenvalue weighted by Gasteiger charge is -2.16. The van der Waals surface area contributed by atoms with Gasteiger partial charge in [-0.1, -0.05) is 26.7 Å². The van der Waals surface area contributed by atoms with Gasteiger partial charge < -0.3 is 10.1 Å². The molecule has 0 radical (unpaired) electrons. The van der Waals surface area contributed by atoms with E-state index in [0.717, 1.165) is 19.6 Å². The van der Waals surface area contributed by atoms with Gasteiger partial charge in [0.1, 0.15) is 0 Å². The van der Waals surface area contributed by atoms with Gasteiger partial charge in [-0.2, -0.15) is 0 Å². The van der Waals surface area contributed by atoms with Crippen molar-refractivity contribution in [1.29, 1.82) is 0 Å². The van der Waals surface area contributed by atoms with Crippen LogP contribution >= 0.6 is 0 Å². The van der Waals surface area contributed by atoms with Gasteiger partial charge in [0.2, 0.25) is 0 Å². The predicted molar refractivity (Wildman–Crippen MR) is 53.5 cm³/mol. The van der Waals surface area contributed by atoms with E-state index in [2.05, 4.69) is 19.2 Å². The summed E-state index contributed by atoms with van der Waals surface area (Å²) in [6, 6.07) is 0.662. The molecule has 0 aromatic heterocycles. The molecular formula is C10H23NO. The molecule has 1 atom stereocenters. The molecule has 1 unspecified atom stereocenters. The van der Waals surface area contributed by atoms with Crippen LogP contribution in [-0.4, -0.2) is 26.3 Å². The molecule has 0 amide bonds. The Kier molecular flexibility index (Phi) is 8.95. The lowest BCUT2D eigenvalue weighted by atomic mass is 10.1. The largest absolute Gasteiger partial charge is 0.385 e. The molecule has 0 rings (SSSR count). The van der Waals surface area contributed by atoms with Crippen LogP contribution in [0.1, 0.15) is 39.5 Å². The molecule has 0 spiro atoms. The average Bonchev–Trinajstić information content (AvgIpc) is 2.10. The van der Waals surface area contributed by atoms with Crippen molar-refractivity contribution in [3.63, 3.8) is 0 Å². The quantitative estimate of drug-likeness (QED) is 0.607. The highest BCUT2D eigenvalue weighted by molar-refractivity contribution is 4.65. The summed E-state index contributed by atoms with van der Waals surface area (Å²) in [7, 11) is 1.77. The summed E-state index contributed by atoms with van der Waals surface area (Å²) >= 11 is 0. The van der Waals surface area contributed by atoms with Crippen LogP contribution in [0.5, 0.6) is 0 Å². The topological polar surface area (TPSA) is 21.3 Å². The van der Waals surface area contributed by atoms with Gasteiger partial charge in [-0.15, -0.1) is 0 Å². The fourth-order valence-corrected chi connectivity index (χ4v) is 1.35. The minimum Gasteiger partial charge on any atom is -0.385 e. The number of ether oxygens (including phenoxy) is 1. The fraction of sp³-hybridized carbons (Fsp3) is 1.00. The van der Waals surface area contributed by atoms with E-state index in [4.69, 9.17) is 4.74 Å². The van der Waals surface area contributed by atoms with Gasteiger partial charge in [0.05, 0.1) is 0 Å². The molecule has 74 valence electrons. The molecule has 0 bridgehead atoms. The molecule has 0 aliphatic rings. The van der Waals surface area contributed by atoms with Crippen molar-refractivity contribution in [2.45, 2.75) is 45.6 Å². The number of rotatable bonds is 8. The van der Waals surface area contributed by atoms with Crippen LogP contribution < -0.4 is 5.32 Å². The van der Waals surface area contributed by atoms with E-state index >= 15 is 0 Å². The van der Waals surface area contributed by atoms with Crippen molar-refractivity contribution in [2.75, 3.05) is 20.3 Å². The number of hydrogen-bond donors (Lipinski definition) is 1. The summed E-state index contributed by atoms with van der Waals surface area (Å²) in [5, 5.41) is 3.47. The third kappa shape index (κ3) is 6.62. The molecule has 0 aliphatic heterocycles. The van der Waals surface area contributed by atoms with E-state index in [-0.39, 0.29) is 0 Å². The van der Waals surface area contributed by atoms with Crippen molar-refractivity contribution >= 4 is 0 Å². The lowest BCUT2D eigenvalue weighted by Crippen LogP contribution is -2.29. The Morgan fingerprint density at radius 1 is 1.25 bits per heavy atom. The van der Waals surface area contributed by atoms with Crippen LogP contribution in [0.25, 0.3) is 0 Å². The van der Waals surface area contributed by atoms with Gasteiger partial charge >= 0.3 is 0 Å². The summed E-state index contributed by atoms with van der Waals surface area (Å²) in [6.07, 6.45) is 5.04. The highest BCUT2D eigenvalue weighted by Crippen LogP contribution is 2.04. The first-order valence-electron chi connectivity index (χ1n) is 5.07. The molecule has 2 heteroatoms. The number of methoxy groups -OCH3 is 1. The van der Waals surface area contributed by atoms with E-state index < -0.39 is 0 Å². The Bertz CT molecular complexity index is 77.9.